The number of anilines is 1. The van der Waals surface area contributed by atoms with Gasteiger partial charge in [-0.25, -0.2) is 4.79 Å². The molecule has 6 heteroatoms. The Balaban J connectivity index is 1.72. The number of rotatable bonds is 7. The maximum absolute atomic E-state index is 12.8. The Morgan fingerprint density at radius 3 is 2.46 bits per heavy atom. The average molecular weight is 378 g/mol. The molecule has 1 aromatic heterocycles. The molecule has 2 aromatic carbocycles. The molecule has 0 bridgehead atoms. The van der Waals surface area contributed by atoms with Gasteiger partial charge in [0.1, 0.15) is 17.0 Å². The van der Waals surface area contributed by atoms with Crippen LogP contribution in [0.3, 0.4) is 0 Å². The summed E-state index contributed by atoms with van der Waals surface area (Å²) in [4.78, 5) is 24.7. The van der Waals surface area contributed by atoms with Crippen LogP contribution in [-0.4, -0.2) is 23.6 Å². The van der Waals surface area contributed by atoms with Crippen LogP contribution in [0.4, 0.5) is 5.69 Å². The van der Waals surface area contributed by atoms with Crippen molar-refractivity contribution in [3.63, 3.8) is 0 Å². The number of unbranched alkanes of at least 4 members (excludes halogenated alkanes) is 1. The molecule has 144 valence electrons. The van der Waals surface area contributed by atoms with E-state index in [0.29, 0.717) is 34.9 Å². The van der Waals surface area contributed by atoms with Crippen LogP contribution in [0.1, 0.15) is 46.2 Å². The van der Waals surface area contributed by atoms with E-state index in [-0.39, 0.29) is 11.9 Å². The Hall–Kier alpha value is -3.41. The van der Waals surface area contributed by atoms with Crippen LogP contribution in [0.5, 0.6) is 0 Å². The van der Waals surface area contributed by atoms with Crippen molar-refractivity contribution in [3.05, 3.63) is 71.5 Å². The lowest BCUT2D eigenvalue weighted by Crippen LogP contribution is -2.14. The largest absolute Gasteiger partial charge is 0.462 e. The van der Waals surface area contributed by atoms with Gasteiger partial charge in [0.2, 0.25) is 0 Å². The first-order chi connectivity index (χ1) is 13.6. The third-order valence-corrected chi connectivity index (χ3v) is 4.25. The predicted molar refractivity (Wildman–Crippen MR) is 106 cm³/mol. The van der Waals surface area contributed by atoms with Gasteiger partial charge in [0, 0.05) is 11.3 Å². The molecule has 1 N–H and O–H groups in total. The standard InChI is InChI=1S/C22H22N2O4/c1-3-4-14-27-22(26)17-10-12-18(13-11-17)23-21(25)19-15(2)28-24-20(19)16-8-6-5-7-9-16/h5-13H,3-4,14H2,1-2H3,(H,23,25). The summed E-state index contributed by atoms with van der Waals surface area (Å²) in [5.74, 6) is -0.254. The van der Waals surface area contributed by atoms with Crippen LogP contribution >= 0.6 is 0 Å². The van der Waals surface area contributed by atoms with Crippen molar-refractivity contribution < 1.29 is 18.8 Å². The Morgan fingerprint density at radius 2 is 1.79 bits per heavy atom. The highest BCUT2D eigenvalue weighted by Crippen LogP contribution is 2.26. The van der Waals surface area contributed by atoms with Gasteiger partial charge < -0.3 is 14.6 Å². The predicted octanol–water partition coefficient (Wildman–Crippen LogP) is 4.86. The number of benzene rings is 2. The number of nitrogens with zero attached hydrogens (tertiary/aromatic N) is 1. The third kappa shape index (κ3) is 4.46. The second-order valence-electron chi connectivity index (χ2n) is 6.35. The molecule has 0 saturated carbocycles. The number of aryl methyl sites for hydroxylation is 1. The minimum atomic E-state index is -0.368. The number of carbonyl (C=O) groups excluding carboxylic acids is 2. The van der Waals surface area contributed by atoms with E-state index < -0.39 is 0 Å². The fourth-order valence-electron chi connectivity index (χ4n) is 2.71. The number of aromatic nitrogens is 1. The number of esters is 1. The Kier molecular flexibility index (Phi) is 6.22. The maximum Gasteiger partial charge on any atom is 0.338 e. The zero-order valence-electron chi connectivity index (χ0n) is 15.9. The molecule has 1 heterocycles. The van der Waals surface area contributed by atoms with Gasteiger partial charge in [-0.3, -0.25) is 4.79 Å². The first-order valence-electron chi connectivity index (χ1n) is 9.20. The fraction of sp³-hybridized carbons (Fsp3) is 0.227. The Morgan fingerprint density at radius 1 is 1.07 bits per heavy atom. The second-order valence-corrected chi connectivity index (χ2v) is 6.35. The minimum Gasteiger partial charge on any atom is -0.462 e. The maximum atomic E-state index is 12.8. The summed E-state index contributed by atoms with van der Waals surface area (Å²) in [6.07, 6.45) is 1.80. The van der Waals surface area contributed by atoms with Gasteiger partial charge >= 0.3 is 5.97 Å². The van der Waals surface area contributed by atoms with E-state index in [0.717, 1.165) is 18.4 Å². The van der Waals surface area contributed by atoms with Crippen LogP contribution < -0.4 is 5.32 Å². The van der Waals surface area contributed by atoms with Crippen molar-refractivity contribution in [2.24, 2.45) is 0 Å². The van der Waals surface area contributed by atoms with Crippen molar-refractivity contribution in [2.75, 3.05) is 11.9 Å². The molecule has 3 aromatic rings. The normalized spacial score (nSPS) is 10.5. The van der Waals surface area contributed by atoms with E-state index >= 15 is 0 Å². The first-order valence-corrected chi connectivity index (χ1v) is 9.20. The number of hydrogen-bond acceptors (Lipinski definition) is 5. The molecule has 0 aliphatic heterocycles. The average Bonchev–Trinajstić information content (AvgIpc) is 3.11. The lowest BCUT2D eigenvalue weighted by Gasteiger charge is -2.07. The van der Waals surface area contributed by atoms with Gasteiger partial charge in [-0.05, 0) is 37.6 Å². The number of ether oxygens (including phenoxy) is 1. The summed E-state index contributed by atoms with van der Waals surface area (Å²) in [5.41, 5.74) is 2.69. The van der Waals surface area contributed by atoms with Crippen molar-refractivity contribution in [1.29, 1.82) is 0 Å². The van der Waals surface area contributed by atoms with Crippen molar-refractivity contribution in [1.82, 2.24) is 5.16 Å². The van der Waals surface area contributed by atoms with Gasteiger partial charge in [-0.1, -0.05) is 48.8 Å². The van der Waals surface area contributed by atoms with E-state index in [9.17, 15) is 9.59 Å². The van der Waals surface area contributed by atoms with E-state index in [4.69, 9.17) is 9.26 Å². The first kappa shape index (κ1) is 19.4. The van der Waals surface area contributed by atoms with Crippen LogP contribution in [0.2, 0.25) is 0 Å². The number of nitrogens with one attached hydrogen (secondary N) is 1. The molecule has 0 aliphatic rings. The lowest BCUT2D eigenvalue weighted by atomic mass is 10.1. The SMILES string of the molecule is CCCCOC(=O)c1ccc(NC(=O)c2c(-c3ccccc3)noc2C)cc1. The molecule has 28 heavy (non-hydrogen) atoms. The van der Waals surface area contributed by atoms with Crippen LogP contribution in [0, 0.1) is 6.92 Å². The van der Waals surface area contributed by atoms with Crippen LogP contribution in [0.15, 0.2) is 59.1 Å². The van der Waals surface area contributed by atoms with Gasteiger partial charge in [-0.15, -0.1) is 0 Å². The molecule has 0 atom stereocenters. The molecule has 3 rings (SSSR count). The fourth-order valence-corrected chi connectivity index (χ4v) is 2.71. The number of carbonyl (C=O) groups is 2. The molecule has 0 radical (unpaired) electrons. The number of hydrogen-bond donors (Lipinski definition) is 1. The second kappa shape index (κ2) is 8.99. The molecule has 0 fully saturated rings. The molecule has 0 unspecified atom stereocenters. The number of amides is 1. The summed E-state index contributed by atoms with van der Waals surface area (Å²) in [6.45, 7) is 4.14. The molecular formula is C22H22N2O4. The van der Waals surface area contributed by atoms with Gasteiger partial charge in [0.05, 0.1) is 12.2 Å². The Labute approximate surface area is 163 Å². The lowest BCUT2D eigenvalue weighted by molar-refractivity contribution is 0.0499. The van der Waals surface area contributed by atoms with E-state index in [2.05, 4.69) is 10.5 Å². The molecule has 0 spiro atoms. The van der Waals surface area contributed by atoms with E-state index in [1.807, 2.05) is 37.3 Å². The van der Waals surface area contributed by atoms with Gasteiger partial charge in [0.25, 0.3) is 5.91 Å². The van der Waals surface area contributed by atoms with Crippen molar-refractivity contribution in [2.45, 2.75) is 26.7 Å². The molecule has 1 amide bonds. The topological polar surface area (TPSA) is 81.4 Å². The monoisotopic (exact) mass is 378 g/mol. The minimum absolute atomic E-state index is 0.323. The van der Waals surface area contributed by atoms with Crippen LogP contribution in [-0.2, 0) is 4.74 Å². The highest BCUT2D eigenvalue weighted by atomic mass is 16.5. The highest BCUT2D eigenvalue weighted by Gasteiger charge is 2.21. The zero-order chi connectivity index (χ0) is 19.9. The molecular weight excluding hydrogens is 356 g/mol. The highest BCUT2D eigenvalue weighted by molar-refractivity contribution is 6.08. The van der Waals surface area contributed by atoms with Gasteiger partial charge in [0.15, 0.2) is 0 Å². The zero-order valence-corrected chi connectivity index (χ0v) is 15.9. The summed E-state index contributed by atoms with van der Waals surface area (Å²) in [6, 6.07) is 16.0. The van der Waals surface area contributed by atoms with E-state index in [1.165, 1.54) is 0 Å². The van der Waals surface area contributed by atoms with Gasteiger partial charge in [-0.2, -0.15) is 0 Å². The third-order valence-electron chi connectivity index (χ3n) is 4.25. The summed E-state index contributed by atoms with van der Waals surface area (Å²) >= 11 is 0. The van der Waals surface area contributed by atoms with Crippen molar-refractivity contribution >= 4 is 17.6 Å². The molecule has 0 aliphatic carbocycles. The van der Waals surface area contributed by atoms with E-state index in [1.54, 1.807) is 31.2 Å². The summed E-state index contributed by atoms with van der Waals surface area (Å²) < 4.78 is 10.4. The molecule has 6 nitrogen and oxygen atoms in total. The van der Waals surface area contributed by atoms with Crippen LogP contribution in [0.25, 0.3) is 11.3 Å². The smallest absolute Gasteiger partial charge is 0.338 e. The quantitative estimate of drug-likeness (QED) is 0.469. The van der Waals surface area contributed by atoms with Crippen molar-refractivity contribution in [3.8, 4) is 11.3 Å². The Bertz CT molecular complexity index is 946. The summed E-state index contributed by atoms with van der Waals surface area (Å²) in [7, 11) is 0. The summed E-state index contributed by atoms with van der Waals surface area (Å²) in [5, 5.41) is 6.85. The molecule has 0 saturated heterocycles.